The number of benzene rings is 3. The molecule has 3 rings (SSSR count). The summed E-state index contributed by atoms with van der Waals surface area (Å²) in [5.74, 6) is 0.749. The molecule has 3 aromatic carbocycles. The lowest BCUT2D eigenvalue weighted by Gasteiger charge is -2.27. The van der Waals surface area contributed by atoms with Crippen molar-refractivity contribution in [3.8, 4) is 5.75 Å². The van der Waals surface area contributed by atoms with Crippen molar-refractivity contribution in [3.05, 3.63) is 96.1 Å². The van der Waals surface area contributed by atoms with Crippen molar-refractivity contribution in [1.82, 2.24) is 0 Å². The van der Waals surface area contributed by atoms with Gasteiger partial charge in [-0.1, -0.05) is 72.8 Å². The van der Waals surface area contributed by atoms with E-state index in [0.29, 0.717) is 0 Å². The molecule has 3 heteroatoms. The number of methoxy groups -OCH3 is 1. The van der Waals surface area contributed by atoms with E-state index in [2.05, 4.69) is 5.32 Å². The number of rotatable bonds is 6. The maximum absolute atomic E-state index is 11.0. The van der Waals surface area contributed by atoms with Crippen LogP contribution in [-0.4, -0.2) is 12.2 Å². The highest BCUT2D eigenvalue weighted by atomic mass is 16.5. The van der Waals surface area contributed by atoms with Crippen LogP contribution in [0.4, 0.5) is 5.69 Å². The molecule has 0 saturated heterocycles. The third-order valence-corrected chi connectivity index (χ3v) is 4.03. The summed E-state index contributed by atoms with van der Waals surface area (Å²) < 4.78 is 5.42. The summed E-state index contributed by atoms with van der Waals surface area (Å²) in [6, 6.07) is 27.1. The van der Waals surface area contributed by atoms with E-state index in [-0.39, 0.29) is 6.04 Å². The molecular formula is C21H21NO2. The number of ether oxygens (including phenoxy) is 1. The van der Waals surface area contributed by atoms with Gasteiger partial charge in [0.25, 0.3) is 0 Å². The molecule has 0 aliphatic carbocycles. The molecular weight excluding hydrogens is 298 g/mol. The van der Waals surface area contributed by atoms with E-state index >= 15 is 0 Å². The van der Waals surface area contributed by atoms with Crippen molar-refractivity contribution in [1.29, 1.82) is 0 Å². The Labute approximate surface area is 142 Å². The van der Waals surface area contributed by atoms with Gasteiger partial charge in [0, 0.05) is 0 Å². The average molecular weight is 319 g/mol. The van der Waals surface area contributed by atoms with Crippen LogP contribution in [0.15, 0.2) is 84.9 Å². The lowest BCUT2D eigenvalue weighted by atomic mass is 9.95. The smallest absolute Gasteiger partial charge is 0.141 e. The monoisotopic (exact) mass is 319 g/mol. The van der Waals surface area contributed by atoms with Crippen LogP contribution in [-0.2, 0) is 0 Å². The minimum absolute atomic E-state index is 0.287. The Morgan fingerprint density at radius 1 is 0.750 bits per heavy atom. The largest absolute Gasteiger partial charge is 0.495 e. The van der Waals surface area contributed by atoms with Crippen LogP contribution in [0.5, 0.6) is 5.75 Å². The molecule has 0 amide bonds. The first-order valence-corrected chi connectivity index (χ1v) is 7.97. The van der Waals surface area contributed by atoms with Gasteiger partial charge in [0.15, 0.2) is 0 Å². The van der Waals surface area contributed by atoms with Crippen molar-refractivity contribution in [3.63, 3.8) is 0 Å². The molecule has 122 valence electrons. The average Bonchev–Trinajstić information content (AvgIpc) is 2.67. The fraction of sp³-hybridized carbons (Fsp3) is 0.143. The van der Waals surface area contributed by atoms with Crippen LogP contribution < -0.4 is 10.1 Å². The van der Waals surface area contributed by atoms with Gasteiger partial charge in [0.05, 0.1) is 18.8 Å². The number of aliphatic hydroxyl groups excluding tert-OH is 1. The Morgan fingerprint density at radius 3 is 1.92 bits per heavy atom. The number of para-hydroxylation sites is 2. The summed E-state index contributed by atoms with van der Waals surface area (Å²) in [6.07, 6.45) is -0.682. The van der Waals surface area contributed by atoms with Gasteiger partial charge in [-0.3, -0.25) is 0 Å². The lowest BCUT2D eigenvalue weighted by Crippen LogP contribution is -2.19. The second-order valence-corrected chi connectivity index (χ2v) is 5.59. The zero-order chi connectivity index (χ0) is 16.8. The molecule has 0 aromatic heterocycles. The first-order valence-electron chi connectivity index (χ1n) is 7.97. The van der Waals surface area contributed by atoms with E-state index in [0.717, 1.165) is 22.6 Å². The molecule has 2 atom stereocenters. The SMILES string of the molecule is COc1ccccc1N[C@H](c1ccccc1)[C@@H](O)c1ccccc1. The van der Waals surface area contributed by atoms with Crippen molar-refractivity contribution in [2.45, 2.75) is 12.1 Å². The molecule has 0 bridgehead atoms. The van der Waals surface area contributed by atoms with E-state index < -0.39 is 6.10 Å². The van der Waals surface area contributed by atoms with Crippen molar-refractivity contribution in [2.75, 3.05) is 12.4 Å². The normalized spacial score (nSPS) is 13.1. The summed E-state index contributed by atoms with van der Waals surface area (Å²) in [6.45, 7) is 0. The van der Waals surface area contributed by atoms with Crippen LogP contribution in [0.3, 0.4) is 0 Å². The molecule has 0 spiro atoms. The molecule has 0 unspecified atom stereocenters. The molecule has 0 aliphatic rings. The molecule has 0 fully saturated rings. The lowest BCUT2D eigenvalue weighted by molar-refractivity contribution is 0.155. The zero-order valence-electron chi connectivity index (χ0n) is 13.6. The van der Waals surface area contributed by atoms with Crippen LogP contribution in [0.2, 0.25) is 0 Å². The highest BCUT2D eigenvalue weighted by molar-refractivity contribution is 5.57. The highest BCUT2D eigenvalue weighted by Crippen LogP contribution is 2.35. The zero-order valence-corrected chi connectivity index (χ0v) is 13.6. The summed E-state index contributed by atoms with van der Waals surface area (Å²) in [5.41, 5.74) is 2.73. The molecule has 3 nitrogen and oxygen atoms in total. The Kier molecular flexibility index (Phi) is 5.14. The quantitative estimate of drug-likeness (QED) is 0.698. The molecule has 0 aliphatic heterocycles. The predicted molar refractivity (Wildman–Crippen MR) is 97.2 cm³/mol. The van der Waals surface area contributed by atoms with E-state index in [4.69, 9.17) is 4.74 Å². The van der Waals surface area contributed by atoms with Gasteiger partial charge in [-0.15, -0.1) is 0 Å². The summed E-state index contributed by atoms with van der Waals surface area (Å²) in [4.78, 5) is 0. The number of nitrogens with one attached hydrogen (secondary N) is 1. The maximum atomic E-state index is 11.0. The minimum atomic E-state index is -0.682. The van der Waals surface area contributed by atoms with Gasteiger partial charge in [-0.05, 0) is 23.3 Å². The van der Waals surface area contributed by atoms with Crippen molar-refractivity contribution >= 4 is 5.69 Å². The topological polar surface area (TPSA) is 41.5 Å². The van der Waals surface area contributed by atoms with Gasteiger partial charge in [0.1, 0.15) is 11.9 Å². The highest BCUT2D eigenvalue weighted by Gasteiger charge is 2.23. The molecule has 3 aromatic rings. The van der Waals surface area contributed by atoms with E-state index in [9.17, 15) is 5.11 Å². The van der Waals surface area contributed by atoms with E-state index in [1.807, 2.05) is 84.9 Å². The van der Waals surface area contributed by atoms with Crippen LogP contribution in [0, 0.1) is 0 Å². The van der Waals surface area contributed by atoms with Crippen molar-refractivity contribution < 1.29 is 9.84 Å². The maximum Gasteiger partial charge on any atom is 0.141 e. The number of aliphatic hydroxyl groups is 1. The van der Waals surface area contributed by atoms with Gasteiger partial charge in [0.2, 0.25) is 0 Å². The Bertz CT molecular complexity index is 759. The molecule has 0 radical (unpaired) electrons. The Balaban J connectivity index is 1.97. The molecule has 2 N–H and O–H groups in total. The summed E-state index contributed by atoms with van der Waals surface area (Å²) in [5, 5.41) is 14.4. The van der Waals surface area contributed by atoms with Crippen LogP contribution >= 0.6 is 0 Å². The number of hydrogen-bond acceptors (Lipinski definition) is 3. The second kappa shape index (κ2) is 7.66. The molecule has 0 heterocycles. The Hall–Kier alpha value is -2.78. The van der Waals surface area contributed by atoms with Gasteiger partial charge >= 0.3 is 0 Å². The standard InChI is InChI=1S/C21H21NO2/c1-24-19-15-9-8-14-18(19)22-20(16-10-4-2-5-11-16)21(23)17-12-6-3-7-13-17/h2-15,20-23H,1H3/t20-,21+/m1/s1. The van der Waals surface area contributed by atoms with Crippen LogP contribution in [0.1, 0.15) is 23.3 Å². The third kappa shape index (κ3) is 3.58. The molecule has 24 heavy (non-hydrogen) atoms. The second-order valence-electron chi connectivity index (χ2n) is 5.59. The fourth-order valence-electron chi connectivity index (χ4n) is 2.78. The number of hydrogen-bond donors (Lipinski definition) is 2. The van der Waals surface area contributed by atoms with Gasteiger partial charge in [-0.25, -0.2) is 0 Å². The first kappa shape index (κ1) is 16.1. The minimum Gasteiger partial charge on any atom is -0.495 e. The van der Waals surface area contributed by atoms with E-state index in [1.165, 1.54) is 0 Å². The van der Waals surface area contributed by atoms with Gasteiger partial charge in [-0.2, -0.15) is 0 Å². The van der Waals surface area contributed by atoms with Crippen LogP contribution in [0.25, 0.3) is 0 Å². The predicted octanol–water partition coefficient (Wildman–Crippen LogP) is 4.58. The summed E-state index contributed by atoms with van der Waals surface area (Å²) in [7, 11) is 1.64. The number of anilines is 1. The Morgan fingerprint density at radius 2 is 1.29 bits per heavy atom. The molecule has 0 saturated carbocycles. The van der Waals surface area contributed by atoms with Crippen molar-refractivity contribution in [2.24, 2.45) is 0 Å². The van der Waals surface area contributed by atoms with Gasteiger partial charge < -0.3 is 15.2 Å². The fourth-order valence-corrected chi connectivity index (χ4v) is 2.78. The van der Waals surface area contributed by atoms with E-state index in [1.54, 1.807) is 7.11 Å². The summed E-state index contributed by atoms with van der Waals surface area (Å²) >= 11 is 0. The first-order chi connectivity index (χ1) is 11.8. The third-order valence-electron chi connectivity index (χ3n) is 4.03.